The summed E-state index contributed by atoms with van der Waals surface area (Å²) in [6, 6.07) is 4.71. The highest BCUT2D eigenvalue weighted by atomic mass is 19.4. The first-order valence-electron chi connectivity index (χ1n) is 13.6. The van der Waals surface area contributed by atoms with Crippen molar-refractivity contribution in [2.45, 2.75) is 31.0 Å². The van der Waals surface area contributed by atoms with Crippen LogP contribution in [0.5, 0.6) is 11.5 Å². The second kappa shape index (κ2) is 12.5. The molecule has 4 aromatic rings. The van der Waals surface area contributed by atoms with Crippen molar-refractivity contribution in [3.63, 3.8) is 0 Å². The topological polar surface area (TPSA) is 66.0 Å². The van der Waals surface area contributed by atoms with Crippen LogP contribution < -0.4 is 9.47 Å². The molecule has 0 amide bonds. The van der Waals surface area contributed by atoms with E-state index in [0.29, 0.717) is 24.3 Å². The maximum atomic E-state index is 14.4. The van der Waals surface area contributed by atoms with Crippen LogP contribution in [-0.2, 0) is 12.4 Å². The van der Waals surface area contributed by atoms with E-state index in [9.17, 15) is 80.8 Å². The molecule has 1 aliphatic carbocycles. The molecule has 4 nitrogen and oxygen atoms in total. The van der Waals surface area contributed by atoms with Crippen LogP contribution in [0.1, 0.15) is 28.2 Å². The largest absolute Gasteiger partial charge is 0.573 e. The lowest BCUT2D eigenvalue weighted by Gasteiger charge is -2.20. The summed E-state index contributed by atoms with van der Waals surface area (Å²) in [5.41, 5.74) is -11.1. The third-order valence-electron chi connectivity index (χ3n) is 7.62. The summed E-state index contributed by atoms with van der Waals surface area (Å²) in [4.78, 5) is 0. The van der Waals surface area contributed by atoms with Crippen molar-refractivity contribution in [1.82, 2.24) is 0 Å². The van der Waals surface area contributed by atoms with E-state index in [2.05, 4.69) is 9.47 Å². The van der Waals surface area contributed by atoms with Crippen molar-refractivity contribution in [3.8, 4) is 57.0 Å². The van der Waals surface area contributed by atoms with E-state index in [1.54, 1.807) is 0 Å². The molecule has 52 heavy (non-hydrogen) atoms. The van der Waals surface area contributed by atoms with Gasteiger partial charge < -0.3 is 9.47 Å². The van der Waals surface area contributed by atoms with Gasteiger partial charge in [0.2, 0.25) is 0 Å². The molecule has 0 aliphatic heterocycles. The summed E-state index contributed by atoms with van der Waals surface area (Å²) >= 11 is 0. The van der Waals surface area contributed by atoms with Gasteiger partial charge in [-0.2, -0.15) is 36.9 Å². The summed E-state index contributed by atoms with van der Waals surface area (Å²) in [5, 5.41) is 19.4. The monoisotopic (exact) mass is 758 g/mol. The molecule has 0 bridgehead atoms. The number of fused-ring (bicyclic) bond motifs is 3. The molecule has 5 rings (SSSR count). The minimum absolute atomic E-state index is 0.0435. The number of hydrogen-bond acceptors (Lipinski definition) is 4. The molecule has 0 saturated heterocycles. The van der Waals surface area contributed by atoms with Crippen LogP contribution >= 0.6 is 0 Å². The number of ether oxygens (including phenoxy) is 2. The van der Waals surface area contributed by atoms with Gasteiger partial charge in [-0.25, -0.2) is 17.6 Å². The van der Waals surface area contributed by atoms with Crippen LogP contribution in [0.15, 0.2) is 48.5 Å². The Balaban J connectivity index is 1.92. The van der Waals surface area contributed by atoms with Crippen LogP contribution in [0, 0.1) is 51.8 Å². The predicted molar refractivity (Wildman–Crippen MR) is 143 cm³/mol. The van der Waals surface area contributed by atoms with Gasteiger partial charge in [-0.15, -0.1) is 26.3 Å². The minimum Gasteiger partial charge on any atom is -0.405 e. The molecule has 20 heteroatoms. The number of rotatable bonds is 5. The lowest BCUT2D eigenvalue weighted by atomic mass is 9.84. The maximum absolute atomic E-state index is 14.4. The molecule has 0 unspecified atom stereocenters. The van der Waals surface area contributed by atoms with Crippen molar-refractivity contribution < 1.29 is 79.7 Å². The summed E-state index contributed by atoms with van der Waals surface area (Å²) in [6.07, 6.45) is -22.5. The Bertz CT molecular complexity index is 2040. The first-order chi connectivity index (χ1) is 23.8. The van der Waals surface area contributed by atoms with Crippen molar-refractivity contribution in [2.24, 2.45) is 5.92 Å². The van der Waals surface area contributed by atoms with Gasteiger partial charge in [0.1, 0.15) is 17.4 Å². The van der Waals surface area contributed by atoms with Crippen molar-refractivity contribution in [2.75, 3.05) is 0 Å². The fraction of sp³-hybridized carbons (Fsp3) is 0.188. The lowest BCUT2D eigenvalue weighted by molar-refractivity contribution is -0.275. The Labute approximate surface area is 278 Å². The van der Waals surface area contributed by atoms with Crippen LogP contribution in [0.3, 0.4) is 0 Å². The van der Waals surface area contributed by atoms with Gasteiger partial charge in [-0.3, -0.25) is 0 Å². The van der Waals surface area contributed by atoms with Gasteiger partial charge in [0.15, 0.2) is 23.3 Å². The Morgan fingerprint density at radius 3 is 1.13 bits per heavy atom. The van der Waals surface area contributed by atoms with E-state index in [4.69, 9.17) is 0 Å². The van der Waals surface area contributed by atoms with E-state index >= 15 is 0 Å². The summed E-state index contributed by atoms with van der Waals surface area (Å²) in [5.74, 6) is -16.0. The minimum atomic E-state index is -5.65. The fourth-order valence-electron chi connectivity index (χ4n) is 5.65. The number of benzene rings is 4. The first kappa shape index (κ1) is 37.6. The smallest absolute Gasteiger partial charge is 0.405 e. The molecule has 1 aliphatic rings. The van der Waals surface area contributed by atoms with Crippen molar-refractivity contribution >= 4 is 0 Å². The van der Waals surface area contributed by atoms with Gasteiger partial charge in [-0.05, 0) is 81.9 Å². The molecule has 0 atom stereocenters. The first-order valence-corrected chi connectivity index (χ1v) is 13.6. The quantitative estimate of drug-likeness (QED) is 0.190. The fourth-order valence-corrected chi connectivity index (χ4v) is 5.65. The molecule has 0 radical (unpaired) electrons. The Morgan fingerprint density at radius 1 is 0.500 bits per heavy atom. The average Bonchev–Trinajstić information content (AvgIpc) is 3.28. The molecule has 272 valence electrons. The Morgan fingerprint density at radius 2 is 0.846 bits per heavy atom. The number of halogens is 16. The predicted octanol–water partition coefficient (Wildman–Crippen LogP) is 11.2. The SMILES string of the molecule is N#CC(C#N)C1c2cc(OC(F)(F)F)c(-c3cc(F)c(F)c(C(F)(F)F)c3)cc2-c2cc(-c3cc(F)c(F)c(C(F)(F)F)c3)c(OC(F)(F)F)cc21. The zero-order valence-corrected chi connectivity index (χ0v) is 24.5. The molecule has 0 N–H and O–H groups in total. The van der Waals surface area contributed by atoms with Crippen LogP contribution in [0.2, 0.25) is 0 Å². The molecule has 0 fully saturated rings. The zero-order valence-electron chi connectivity index (χ0n) is 24.5. The number of hydrogen-bond donors (Lipinski definition) is 0. The van der Waals surface area contributed by atoms with Gasteiger partial charge in [0.05, 0.1) is 23.3 Å². The van der Waals surface area contributed by atoms with Gasteiger partial charge >= 0.3 is 25.1 Å². The van der Waals surface area contributed by atoms with Crippen molar-refractivity contribution in [3.05, 3.63) is 94.1 Å². The van der Waals surface area contributed by atoms with Gasteiger partial charge in [0, 0.05) is 17.0 Å². The van der Waals surface area contributed by atoms with Crippen molar-refractivity contribution in [1.29, 1.82) is 10.5 Å². The molecular weight excluding hydrogens is 748 g/mol. The van der Waals surface area contributed by atoms with E-state index in [-0.39, 0.29) is 24.3 Å². The molecular formula is C32H10F16N2O2. The van der Waals surface area contributed by atoms with Crippen LogP contribution in [0.25, 0.3) is 33.4 Å². The van der Waals surface area contributed by atoms with Crippen LogP contribution in [-0.4, -0.2) is 12.7 Å². The standard InChI is InChI=1S/C32H10F16N2O2/c33-22-3-11(1-20(27(22)35)29(37,38)39)14-5-16-17-6-15(12-2-21(30(40,41)42)28(36)23(34)4-12)25(52-32(46,47)48)8-19(17)26(13(9-49)10-50)18(16)7-24(14)51-31(43,44)45/h1-8,13,26H. The normalized spacial score (nSPS) is 13.4. The van der Waals surface area contributed by atoms with E-state index < -0.39 is 127 Å². The average molecular weight is 758 g/mol. The number of alkyl halides is 12. The highest BCUT2D eigenvalue weighted by Crippen LogP contribution is 2.55. The summed E-state index contributed by atoms with van der Waals surface area (Å²) in [6.45, 7) is 0. The van der Waals surface area contributed by atoms with Gasteiger partial charge in [-0.1, -0.05) is 0 Å². The second-order valence-corrected chi connectivity index (χ2v) is 10.8. The Kier molecular flexibility index (Phi) is 9.06. The highest BCUT2D eigenvalue weighted by molar-refractivity contribution is 5.90. The molecule has 0 aromatic heterocycles. The van der Waals surface area contributed by atoms with E-state index in [0.717, 1.165) is 0 Å². The van der Waals surface area contributed by atoms with E-state index in [1.165, 1.54) is 12.1 Å². The van der Waals surface area contributed by atoms with Crippen LogP contribution in [0.4, 0.5) is 70.2 Å². The maximum Gasteiger partial charge on any atom is 0.573 e. The second-order valence-electron chi connectivity index (χ2n) is 10.8. The summed E-state index contributed by atoms with van der Waals surface area (Å²) in [7, 11) is 0. The molecule has 4 aromatic carbocycles. The third-order valence-corrected chi connectivity index (χ3v) is 7.62. The zero-order chi connectivity index (χ0) is 38.9. The molecule has 0 saturated carbocycles. The highest BCUT2D eigenvalue weighted by Gasteiger charge is 2.43. The number of nitriles is 2. The van der Waals surface area contributed by atoms with Gasteiger partial charge in [0.25, 0.3) is 0 Å². The molecule has 0 spiro atoms. The molecule has 0 heterocycles. The Hall–Kier alpha value is -5.66. The van der Waals surface area contributed by atoms with E-state index in [1.807, 2.05) is 0 Å². The number of nitrogens with zero attached hydrogens (tertiary/aromatic N) is 2. The third kappa shape index (κ3) is 7.10. The summed E-state index contributed by atoms with van der Waals surface area (Å²) < 4.78 is 228. The lowest BCUT2D eigenvalue weighted by Crippen LogP contribution is -2.18.